The molecule has 4 unspecified atom stereocenters. The Bertz CT molecular complexity index is 293. The van der Waals surface area contributed by atoms with Gasteiger partial charge in [-0.25, -0.2) is 0 Å². The number of ether oxygens (including phenoxy) is 1. The second-order valence-corrected chi connectivity index (χ2v) is 4.67. The monoisotopic (exact) mass is 244 g/mol. The lowest BCUT2D eigenvalue weighted by Crippen LogP contribution is -2.34. The number of azide groups is 1. The molecule has 98 valence electrons. The van der Waals surface area contributed by atoms with Crippen molar-refractivity contribution in [1.29, 1.82) is 0 Å². The van der Waals surface area contributed by atoms with Crippen LogP contribution in [0.3, 0.4) is 0 Å². The zero-order valence-electron chi connectivity index (χ0n) is 10.1. The molecule has 0 amide bonds. The second kappa shape index (κ2) is 6.18. The molecular formula is C10H20N4O3. The van der Waals surface area contributed by atoms with E-state index in [4.69, 9.17) is 16.0 Å². The molecule has 7 heteroatoms. The minimum absolute atomic E-state index is 0.0913. The lowest BCUT2D eigenvalue weighted by atomic mass is 9.99. The summed E-state index contributed by atoms with van der Waals surface area (Å²) in [6.45, 7) is 3.52. The highest BCUT2D eigenvalue weighted by Crippen LogP contribution is 2.26. The van der Waals surface area contributed by atoms with Crippen molar-refractivity contribution >= 4 is 0 Å². The Kier molecular flexibility index (Phi) is 5.17. The van der Waals surface area contributed by atoms with Crippen LogP contribution in [0.15, 0.2) is 5.11 Å². The van der Waals surface area contributed by atoms with Gasteiger partial charge in [-0.3, -0.25) is 0 Å². The van der Waals surface area contributed by atoms with Crippen LogP contribution in [0.1, 0.15) is 26.7 Å². The number of aliphatic hydroxyl groups is 2. The average Bonchev–Trinajstić information content (AvgIpc) is 2.46. The summed E-state index contributed by atoms with van der Waals surface area (Å²) in [5.74, 6) is 0. The third-order valence-corrected chi connectivity index (χ3v) is 2.96. The minimum Gasteiger partial charge on any atom is -0.388 e. The van der Waals surface area contributed by atoms with E-state index in [9.17, 15) is 10.2 Å². The molecule has 0 aromatic carbocycles. The predicted molar refractivity (Wildman–Crippen MR) is 62.2 cm³/mol. The Morgan fingerprint density at radius 1 is 1.47 bits per heavy atom. The largest absolute Gasteiger partial charge is 0.388 e. The maximum Gasteiger partial charge on any atom is 0.109 e. The summed E-state index contributed by atoms with van der Waals surface area (Å²) in [7, 11) is 0. The summed E-state index contributed by atoms with van der Waals surface area (Å²) in [5.41, 5.74) is 14.1. The first-order valence-corrected chi connectivity index (χ1v) is 5.77. The summed E-state index contributed by atoms with van der Waals surface area (Å²) in [5, 5.41) is 22.9. The highest BCUT2D eigenvalue weighted by Gasteiger charge is 2.40. The quantitative estimate of drug-likeness (QED) is 0.365. The first kappa shape index (κ1) is 14.2. The van der Waals surface area contributed by atoms with Gasteiger partial charge in [0.1, 0.15) is 12.2 Å². The molecule has 0 aromatic heterocycles. The zero-order chi connectivity index (χ0) is 13.0. The van der Waals surface area contributed by atoms with Crippen LogP contribution in [0.4, 0.5) is 0 Å². The summed E-state index contributed by atoms with van der Waals surface area (Å²) in [6.07, 6.45) is -1.84. The summed E-state index contributed by atoms with van der Waals surface area (Å²) in [4.78, 5) is 2.76. The molecule has 0 bridgehead atoms. The molecule has 0 radical (unpaired) electrons. The van der Waals surface area contributed by atoms with E-state index in [-0.39, 0.29) is 12.1 Å². The first-order chi connectivity index (χ1) is 7.95. The summed E-state index contributed by atoms with van der Waals surface area (Å²) < 4.78 is 5.42. The van der Waals surface area contributed by atoms with Crippen molar-refractivity contribution in [2.45, 2.75) is 63.2 Å². The van der Waals surface area contributed by atoms with Crippen LogP contribution in [0.2, 0.25) is 0 Å². The van der Waals surface area contributed by atoms with Gasteiger partial charge in [0.2, 0.25) is 0 Å². The van der Waals surface area contributed by atoms with E-state index in [1.54, 1.807) is 6.92 Å². The number of nitrogens with two attached hydrogens (primary N) is 1. The number of nitrogens with zero attached hydrogens (tertiary/aromatic N) is 3. The number of aliphatic hydroxyl groups excluding tert-OH is 2. The predicted octanol–water partition coefficient (Wildman–Crippen LogP) is 0.302. The van der Waals surface area contributed by atoms with Gasteiger partial charge < -0.3 is 20.7 Å². The van der Waals surface area contributed by atoms with Crippen LogP contribution in [0.5, 0.6) is 0 Å². The maximum absolute atomic E-state index is 9.74. The maximum atomic E-state index is 9.74. The van der Waals surface area contributed by atoms with Crippen LogP contribution in [0, 0.1) is 0 Å². The van der Waals surface area contributed by atoms with Crippen molar-refractivity contribution in [3.8, 4) is 0 Å². The molecule has 1 saturated heterocycles. The molecule has 6 atom stereocenters. The minimum atomic E-state index is -0.936. The van der Waals surface area contributed by atoms with Crippen molar-refractivity contribution in [3.63, 3.8) is 0 Å². The third kappa shape index (κ3) is 3.83. The van der Waals surface area contributed by atoms with Gasteiger partial charge in [-0.1, -0.05) is 5.11 Å². The molecule has 0 aliphatic carbocycles. The fourth-order valence-corrected chi connectivity index (χ4v) is 2.09. The number of rotatable bonds is 5. The smallest absolute Gasteiger partial charge is 0.109 e. The Morgan fingerprint density at radius 3 is 2.53 bits per heavy atom. The highest BCUT2D eigenvalue weighted by atomic mass is 16.5. The lowest BCUT2D eigenvalue weighted by molar-refractivity contribution is 0.00693. The Morgan fingerprint density at radius 2 is 2.12 bits per heavy atom. The molecule has 1 heterocycles. The Hall–Kier alpha value is -0.850. The van der Waals surface area contributed by atoms with E-state index in [0.717, 1.165) is 0 Å². The summed E-state index contributed by atoms with van der Waals surface area (Å²) in [6, 6.07) is -0.413. The van der Waals surface area contributed by atoms with E-state index in [1.165, 1.54) is 0 Å². The first-order valence-electron chi connectivity index (χ1n) is 5.77. The molecular weight excluding hydrogens is 224 g/mol. The summed E-state index contributed by atoms with van der Waals surface area (Å²) >= 11 is 0. The van der Waals surface area contributed by atoms with Gasteiger partial charge in [0, 0.05) is 17.0 Å². The van der Waals surface area contributed by atoms with Gasteiger partial charge in [0.05, 0.1) is 12.2 Å². The van der Waals surface area contributed by atoms with Gasteiger partial charge in [-0.05, 0) is 32.2 Å². The van der Waals surface area contributed by atoms with Gasteiger partial charge >= 0.3 is 0 Å². The van der Waals surface area contributed by atoms with Crippen molar-refractivity contribution in [2.24, 2.45) is 10.8 Å². The number of hydrogen-bond donors (Lipinski definition) is 3. The normalized spacial score (nSPS) is 36.3. The van der Waals surface area contributed by atoms with Gasteiger partial charge in [0.25, 0.3) is 0 Å². The van der Waals surface area contributed by atoms with Crippen LogP contribution in [-0.2, 0) is 4.74 Å². The molecule has 0 spiro atoms. The average molecular weight is 244 g/mol. The highest BCUT2D eigenvalue weighted by molar-refractivity contribution is 4.91. The Balaban J connectivity index is 2.58. The Labute approximate surface area is 100 Å². The van der Waals surface area contributed by atoms with Crippen LogP contribution in [0.25, 0.3) is 10.4 Å². The molecule has 17 heavy (non-hydrogen) atoms. The van der Waals surface area contributed by atoms with E-state index >= 15 is 0 Å². The van der Waals surface area contributed by atoms with Gasteiger partial charge in [-0.15, -0.1) is 0 Å². The van der Waals surface area contributed by atoms with E-state index in [1.807, 2.05) is 6.92 Å². The van der Waals surface area contributed by atoms with E-state index in [0.29, 0.717) is 12.8 Å². The molecule has 0 aromatic rings. The zero-order valence-corrected chi connectivity index (χ0v) is 10.1. The van der Waals surface area contributed by atoms with E-state index in [2.05, 4.69) is 10.0 Å². The van der Waals surface area contributed by atoms with Crippen LogP contribution < -0.4 is 5.73 Å². The molecule has 1 rings (SSSR count). The van der Waals surface area contributed by atoms with Gasteiger partial charge in [0.15, 0.2) is 0 Å². The molecule has 0 saturated carbocycles. The lowest BCUT2D eigenvalue weighted by Gasteiger charge is -2.20. The van der Waals surface area contributed by atoms with Crippen molar-refractivity contribution in [3.05, 3.63) is 10.4 Å². The molecule has 1 fully saturated rings. The molecule has 7 nitrogen and oxygen atoms in total. The van der Waals surface area contributed by atoms with E-state index < -0.39 is 24.4 Å². The fourth-order valence-electron chi connectivity index (χ4n) is 2.09. The van der Waals surface area contributed by atoms with Crippen molar-refractivity contribution in [2.75, 3.05) is 0 Å². The SMILES string of the molecule is CC(N)CC(C[C@H]1OC(C)C(O)[C@H]1O)N=[N+]=[N-]. The standard InChI is InChI=1S/C10H20N4O3/c1-5(11)3-7(13-14-12)4-8-10(16)9(15)6(2)17-8/h5-10,15-16H,3-4,11H2,1-2H3/t5?,6?,7?,8-,9?,10+/m1/s1. The molecule has 1 aliphatic rings. The third-order valence-electron chi connectivity index (χ3n) is 2.96. The van der Waals surface area contributed by atoms with Gasteiger partial charge in [-0.2, -0.15) is 0 Å². The molecule has 4 N–H and O–H groups in total. The van der Waals surface area contributed by atoms with Crippen LogP contribution >= 0.6 is 0 Å². The van der Waals surface area contributed by atoms with Crippen LogP contribution in [-0.4, -0.2) is 46.7 Å². The topological polar surface area (TPSA) is 124 Å². The van der Waals surface area contributed by atoms with Crippen molar-refractivity contribution < 1.29 is 14.9 Å². The van der Waals surface area contributed by atoms with Crippen molar-refractivity contribution in [1.82, 2.24) is 0 Å². The number of hydrogen-bond acceptors (Lipinski definition) is 5. The second-order valence-electron chi connectivity index (χ2n) is 4.67. The molecule has 1 aliphatic heterocycles. The fraction of sp³-hybridized carbons (Fsp3) is 1.00.